The number of pyridine rings is 2. The number of nitrogens with two attached hydrogens (primary N) is 1. The predicted octanol–water partition coefficient (Wildman–Crippen LogP) is 3.88. The van der Waals surface area contributed by atoms with E-state index in [0.29, 0.717) is 22.4 Å². The average molecular weight is 437 g/mol. The minimum atomic E-state index is 0.107. The molecule has 5 rings (SSSR count). The molecule has 7 nitrogen and oxygen atoms in total. The van der Waals surface area contributed by atoms with Gasteiger partial charge in [-0.05, 0) is 37.4 Å². The summed E-state index contributed by atoms with van der Waals surface area (Å²) in [6.45, 7) is 3.54. The molecule has 1 saturated heterocycles. The number of nitriles is 1. The van der Waals surface area contributed by atoms with Gasteiger partial charge in [0.25, 0.3) is 0 Å². The van der Waals surface area contributed by atoms with Crippen LogP contribution in [-0.4, -0.2) is 53.2 Å². The number of hydrogen-bond donors (Lipinski definition) is 2. The van der Waals surface area contributed by atoms with E-state index in [2.05, 4.69) is 34.0 Å². The van der Waals surface area contributed by atoms with Gasteiger partial charge in [-0.15, -0.1) is 0 Å². The fourth-order valence-electron chi connectivity index (χ4n) is 4.29. The number of benzene rings is 2. The van der Waals surface area contributed by atoms with Gasteiger partial charge in [0.05, 0.1) is 11.2 Å². The van der Waals surface area contributed by atoms with Crippen molar-refractivity contribution in [3.63, 3.8) is 0 Å². The summed E-state index contributed by atoms with van der Waals surface area (Å²) in [6.07, 6.45) is 0. The molecule has 0 radical (unpaired) electrons. The minimum absolute atomic E-state index is 0.107. The summed E-state index contributed by atoms with van der Waals surface area (Å²) in [5.41, 5.74) is 10.0. The van der Waals surface area contributed by atoms with Crippen LogP contribution in [0, 0.1) is 11.3 Å². The molecule has 4 aromatic rings. The molecule has 164 valence electrons. The van der Waals surface area contributed by atoms with Crippen molar-refractivity contribution < 1.29 is 5.11 Å². The third-order valence-electron chi connectivity index (χ3n) is 6.14. The van der Waals surface area contributed by atoms with E-state index < -0.39 is 0 Å². The number of anilines is 2. The van der Waals surface area contributed by atoms with Crippen LogP contribution < -0.4 is 10.6 Å². The van der Waals surface area contributed by atoms with Crippen LogP contribution in [0.4, 0.5) is 11.6 Å². The summed E-state index contributed by atoms with van der Waals surface area (Å²) < 4.78 is 0. The molecule has 2 aromatic heterocycles. The molecular weight excluding hydrogens is 412 g/mol. The van der Waals surface area contributed by atoms with Gasteiger partial charge in [0.2, 0.25) is 0 Å². The maximum absolute atomic E-state index is 10.4. The fourth-order valence-corrected chi connectivity index (χ4v) is 4.29. The van der Waals surface area contributed by atoms with Gasteiger partial charge < -0.3 is 20.6 Å². The number of hydrogen-bond acceptors (Lipinski definition) is 7. The molecule has 3 heterocycles. The molecule has 0 bridgehead atoms. The summed E-state index contributed by atoms with van der Waals surface area (Å²) in [5.74, 6) is 1.06. The normalized spacial score (nSPS) is 14.4. The molecule has 0 amide bonds. The summed E-state index contributed by atoms with van der Waals surface area (Å²) in [7, 11) is 2.11. The first-order valence-electron chi connectivity index (χ1n) is 10.9. The number of nitrogen functional groups attached to an aromatic ring is 1. The number of aromatic nitrogens is 2. The zero-order valence-electron chi connectivity index (χ0n) is 18.4. The molecule has 7 heteroatoms. The molecule has 1 aliphatic heterocycles. The van der Waals surface area contributed by atoms with E-state index in [1.165, 1.54) is 0 Å². The van der Waals surface area contributed by atoms with Crippen molar-refractivity contribution in [2.24, 2.45) is 0 Å². The first kappa shape index (κ1) is 20.7. The molecule has 1 fully saturated rings. The number of aromatic hydroxyl groups is 1. The van der Waals surface area contributed by atoms with Gasteiger partial charge in [0.15, 0.2) is 0 Å². The van der Waals surface area contributed by atoms with Crippen molar-refractivity contribution in [1.29, 1.82) is 5.26 Å². The Morgan fingerprint density at radius 1 is 0.909 bits per heavy atom. The molecule has 0 saturated carbocycles. The number of phenolic OH excluding ortho intramolecular Hbond substituents is 1. The van der Waals surface area contributed by atoms with Gasteiger partial charge >= 0.3 is 0 Å². The number of piperazine rings is 1. The number of fused-ring (bicyclic) bond motifs is 1. The van der Waals surface area contributed by atoms with Gasteiger partial charge in [-0.25, -0.2) is 9.97 Å². The van der Waals surface area contributed by atoms with Crippen molar-refractivity contribution in [3.05, 3.63) is 66.2 Å². The maximum Gasteiger partial charge on any atom is 0.142 e. The Balaban J connectivity index is 1.77. The largest absolute Gasteiger partial charge is 0.507 e. The highest BCUT2D eigenvalue weighted by Crippen LogP contribution is 2.39. The number of rotatable bonds is 3. The number of likely N-dealkylation sites (N-methyl/N-ethyl adjacent to an activating group) is 1. The lowest BCUT2D eigenvalue weighted by atomic mass is 9.96. The highest BCUT2D eigenvalue weighted by atomic mass is 16.3. The SMILES string of the molecule is CN1CCN(c2nc3ccccc3cc2-c2cc(-c3ccccc3O)nc(N)c2C#N)CC1. The molecule has 0 spiro atoms. The number of nitrogens with zero attached hydrogens (tertiary/aromatic N) is 5. The van der Waals surface area contributed by atoms with Crippen LogP contribution in [0.3, 0.4) is 0 Å². The smallest absolute Gasteiger partial charge is 0.142 e. The predicted molar refractivity (Wildman–Crippen MR) is 131 cm³/mol. The Kier molecular flexibility index (Phi) is 5.29. The lowest BCUT2D eigenvalue weighted by Crippen LogP contribution is -2.45. The maximum atomic E-state index is 10.4. The zero-order valence-corrected chi connectivity index (χ0v) is 18.4. The molecule has 2 aromatic carbocycles. The monoisotopic (exact) mass is 436 g/mol. The van der Waals surface area contributed by atoms with Crippen LogP contribution in [0.25, 0.3) is 33.3 Å². The van der Waals surface area contributed by atoms with Crippen LogP contribution in [0.15, 0.2) is 60.7 Å². The minimum Gasteiger partial charge on any atom is -0.507 e. The zero-order chi connectivity index (χ0) is 22.9. The van der Waals surface area contributed by atoms with Gasteiger partial charge in [-0.3, -0.25) is 0 Å². The topological polar surface area (TPSA) is 102 Å². The van der Waals surface area contributed by atoms with E-state index in [9.17, 15) is 10.4 Å². The van der Waals surface area contributed by atoms with Crippen LogP contribution in [0.5, 0.6) is 5.75 Å². The second-order valence-electron chi connectivity index (χ2n) is 8.29. The van der Waals surface area contributed by atoms with Crippen molar-refractivity contribution in [2.75, 3.05) is 43.9 Å². The molecule has 33 heavy (non-hydrogen) atoms. The first-order valence-corrected chi connectivity index (χ1v) is 10.9. The molecule has 1 aliphatic rings. The van der Waals surface area contributed by atoms with Crippen LogP contribution in [0.1, 0.15) is 5.56 Å². The summed E-state index contributed by atoms with van der Waals surface area (Å²) in [5, 5.41) is 21.3. The standard InChI is InChI=1S/C26H24N6O/c1-31-10-12-32(13-11-31)26-20(14-17-6-2-4-8-22(17)30-26)19-15-23(29-25(28)21(19)16-27)18-7-3-5-9-24(18)33/h2-9,14-15,33H,10-13H2,1H3,(H2,28,29). The lowest BCUT2D eigenvalue weighted by molar-refractivity contribution is 0.312. The first-order chi connectivity index (χ1) is 16.0. The third-order valence-corrected chi connectivity index (χ3v) is 6.14. The number of phenols is 1. The van der Waals surface area contributed by atoms with Crippen molar-refractivity contribution in [1.82, 2.24) is 14.9 Å². The second-order valence-corrected chi connectivity index (χ2v) is 8.29. The number of para-hydroxylation sites is 2. The molecule has 0 unspecified atom stereocenters. The van der Waals surface area contributed by atoms with E-state index in [4.69, 9.17) is 10.7 Å². The third kappa shape index (κ3) is 3.81. The van der Waals surface area contributed by atoms with E-state index in [1.807, 2.05) is 36.4 Å². The molecular formula is C26H24N6O. The van der Waals surface area contributed by atoms with Crippen molar-refractivity contribution in [3.8, 4) is 34.2 Å². The highest BCUT2D eigenvalue weighted by Gasteiger charge is 2.23. The summed E-state index contributed by atoms with van der Waals surface area (Å²) >= 11 is 0. The molecule has 0 atom stereocenters. The highest BCUT2D eigenvalue weighted by molar-refractivity contribution is 5.93. The molecule has 3 N–H and O–H groups in total. The average Bonchev–Trinajstić information content (AvgIpc) is 2.83. The molecule has 0 aliphatic carbocycles. The van der Waals surface area contributed by atoms with E-state index in [-0.39, 0.29) is 11.6 Å². The van der Waals surface area contributed by atoms with Crippen LogP contribution >= 0.6 is 0 Å². The van der Waals surface area contributed by atoms with E-state index >= 15 is 0 Å². The Morgan fingerprint density at radius 2 is 1.64 bits per heavy atom. The van der Waals surface area contributed by atoms with E-state index in [1.54, 1.807) is 18.2 Å². The summed E-state index contributed by atoms with van der Waals surface area (Å²) in [4.78, 5) is 14.0. The van der Waals surface area contributed by atoms with Gasteiger partial charge in [0, 0.05) is 48.3 Å². The van der Waals surface area contributed by atoms with Crippen LogP contribution in [-0.2, 0) is 0 Å². The second kappa shape index (κ2) is 8.41. The lowest BCUT2D eigenvalue weighted by Gasteiger charge is -2.34. The van der Waals surface area contributed by atoms with Crippen molar-refractivity contribution >= 4 is 22.5 Å². The van der Waals surface area contributed by atoms with Gasteiger partial charge in [-0.1, -0.05) is 30.3 Å². The van der Waals surface area contributed by atoms with Crippen LogP contribution in [0.2, 0.25) is 0 Å². The van der Waals surface area contributed by atoms with Gasteiger partial charge in [-0.2, -0.15) is 5.26 Å². The van der Waals surface area contributed by atoms with Crippen molar-refractivity contribution in [2.45, 2.75) is 0 Å². The summed E-state index contributed by atoms with van der Waals surface area (Å²) in [6, 6.07) is 21.1. The Morgan fingerprint density at radius 3 is 2.39 bits per heavy atom. The van der Waals surface area contributed by atoms with E-state index in [0.717, 1.165) is 48.5 Å². The Labute approximate surface area is 192 Å². The quantitative estimate of drug-likeness (QED) is 0.502. The Bertz CT molecular complexity index is 1390. The fraction of sp³-hybridized carbons (Fsp3) is 0.192. The van der Waals surface area contributed by atoms with Gasteiger partial charge in [0.1, 0.15) is 29.0 Å². The Hall–Kier alpha value is -4.15.